The third-order valence-corrected chi connectivity index (χ3v) is 4.57. The van der Waals surface area contributed by atoms with E-state index in [2.05, 4.69) is 44.3 Å². The summed E-state index contributed by atoms with van der Waals surface area (Å²) in [5.74, 6) is 1.88. The highest BCUT2D eigenvalue weighted by Gasteiger charge is 2.10. The van der Waals surface area contributed by atoms with Gasteiger partial charge in [0.2, 0.25) is 6.41 Å². The Bertz CT molecular complexity index is 778. The van der Waals surface area contributed by atoms with E-state index in [1.807, 2.05) is 24.3 Å². The molecule has 0 unspecified atom stereocenters. The van der Waals surface area contributed by atoms with Crippen LogP contribution in [0.5, 0.6) is 0 Å². The van der Waals surface area contributed by atoms with E-state index in [4.69, 9.17) is 16.0 Å². The van der Waals surface area contributed by atoms with Gasteiger partial charge in [0.1, 0.15) is 5.83 Å². The van der Waals surface area contributed by atoms with Crippen molar-refractivity contribution in [2.75, 3.05) is 13.7 Å². The molecule has 0 heterocycles. The number of terminal acetylenes is 1. The Morgan fingerprint density at radius 3 is 2.58 bits per heavy atom. The fraction of sp³-hybridized carbons (Fsp3) is 0.423. The number of methoxy groups -OCH3 is 1. The third-order valence-electron chi connectivity index (χ3n) is 4.57. The number of hydrogen-bond donors (Lipinski definition) is 3. The molecule has 1 rings (SSSR count). The smallest absolute Gasteiger partial charge is 0.204 e. The molecular formula is C26H38F2N2O3. The normalized spacial score (nSPS) is 12.0. The van der Waals surface area contributed by atoms with Gasteiger partial charge < -0.3 is 20.9 Å². The van der Waals surface area contributed by atoms with Gasteiger partial charge in [-0.05, 0) is 56.9 Å². The fourth-order valence-corrected chi connectivity index (χ4v) is 2.13. The van der Waals surface area contributed by atoms with Crippen molar-refractivity contribution in [2.45, 2.75) is 58.3 Å². The number of primary amides is 1. The first-order valence-corrected chi connectivity index (χ1v) is 10.6. The molecule has 1 aromatic rings. The molecule has 0 aromatic heterocycles. The Hall–Kier alpha value is -2.79. The van der Waals surface area contributed by atoms with E-state index in [1.54, 1.807) is 7.11 Å². The largest absolute Gasteiger partial charge is 0.392 e. The summed E-state index contributed by atoms with van der Waals surface area (Å²) in [6.45, 7) is 10.9. The number of amides is 1. The van der Waals surface area contributed by atoms with Gasteiger partial charge >= 0.3 is 0 Å². The van der Waals surface area contributed by atoms with Crippen molar-refractivity contribution >= 4 is 6.41 Å². The summed E-state index contributed by atoms with van der Waals surface area (Å²) in [6.07, 6.45) is 8.97. The van der Waals surface area contributed by atoms with Crippen LogP contribution in [-0.2, 0) is 16.1 Å². The van der Waals surface area contributed by atoms with Gasteiger partial charge in [-0.25, -0.2) is 8.78 Å². The zero-order valence-electron chi connectivity index (χ0n) is 20.1. The lowest BCUT2D eigenvalue weighted by Crippen LogP contribution is -2.26. The van der Waals surface area contributed by atoms with Crippen LogP contribution in [0.15, 0.2) is 60.7 Å². The van der Waals surface area contributed by atoms with Crippen LogP contribution in [0.4, 0.5) is 8.78 Å². The van der Waals surface area contributed by atoms with Crippen molar-refractivity contribution in [3.05, 3.63) is 71.9 Å². The number of carbonyl (C=O) groups excluding carboxylic acids is 1. The zero-order valence-corrected chi connectivity index (χ0v) is 20.1. The van der Waals surface area contributed by atoms with E-state index in [1.165, 1.54) is 0 Å². The summed E-state index contributed by atoms with van der Waals surface area (Å²) in [7, 11) is 1.74. The Morgan fingerprint density at radius 2 is 2.09 bits per heavy atom. The first-order valence-electron chi connectivity index (χ1n) is 10.6. The number of halogens is 2. The Morgan fingerprint density at radius 1 is 1.45 bits per heavy atom. The second kappa shape index (κ2) is 19.9. The molecular weight excluding hydrogens is 426 g/mol. The summed E-state index contributed by atoms with van der Waals surface area (Å²) >= 11 is 0. The Labute approximate surface area is 197 Å². The van der Waals surface area contributed by atoms with Gasteiger partial charge in [0.25, 0.3) is 0 Å². The molecule has 0 radical (unpaired) electrons. The SMILES string of the molecule is C#Cc1cccc(CNC[C@@H](O)CCC(=C)/C=C(F)\C=C\F)c1.CCC(C)(C)OC.NC=O. The van der Waals surface area contributed by atoms with Crippen LogP contribution in [0.3, 0.4) is 0 Å². The standard InChI is InChI=1S/C19H21F2NO.C6H14O.CH3NO/c1-3-16-5-4-6-17(12-16)13-22-14-19(23)8-7-15(2)11-18(21)9-10-20;1-5-6(2,3)7-4;2-1-3/h1,4-6,9-12,19,22-23H,2,7-8,13-14H2;5H2,1-4H3;1H,(H2,2,3)/b10-9+,18-11+;;/t19-;;/m0../s1. The summed E-state index contributed by atoms with van der Waals surface area (Å²) in [6, 6.07) is 7.61. The van der Waals surface area contributed by atoms with Gasteiger partial charge in [0.15, 0.2) is 0 Å². The predicted molar refractivity (Wildman–Crippen MR) is 132 cm³/mol. The molecule has 0 saturated heterocycles. The predicted octanol–water partition coefficient (Wildman–Crippen LogP) is 4.71. The van der Waals surface area contributed by atoms with Crippen molar-refractivity contribution in [2.24, 2.45) is 5.73 Å². The molecule has 0 bridgehead atoms. The van der Waals surface area contributed by atoms with E-state index < -0.39 is 11.9 Å². The second-order valence-electron chi connectivity index (χ2n) is 7.60. The molecule has 184 valence electrons. The van der Waals surface area contributed by atoms with Crippen molar-refractivity contribution in [1.82, 2.24) is 5.32 Å². The second-order valence-corrected chi connectivity index (χ2v) is 7.60. The minimum atomic E-state index is -0.696. The molecule has 0 aliphatic carbocycles. The molecule has 0 saturated carbocycles. The fourth-order valence-electron chi connectivity index (χ4n) is 2.13. The van der Waals surface area contributed by atoms with Crippen molar-refractivity contribution in [1.29, 1.82) is 0 Å². The van der Waals surface area contributed by atoms with E-state index in [9.17, 15) is 13.9 Å². The molecule has 1 aromatic carbocycles. The summed E-state index contributed by atoms with van der Waals surface area (Å²) in [5.41, 5.74) is 6.61. The lowest BCUT2D eigenvalue weighted by molar-refractivity contribution is -0.106. The van der Waals surface area contributed by atoms with E-state index in [0.29, 0.717) is 37.6 Å². The molecule has 5 nitrogen and oxygen atoms in total. The molecule has 0 aliphatic rings. The number of carbonyl (C=O) groups is 1. The molecule has 0 fully saturated rings. The van der Waals surface area contributed by atoms with Crippen LogP contribution < -0.4 is 11.1 Å². The summed E-state index contributed by atoms with van der Waals surface area (Å²) in [4.78, 5) is 8.58. The summed E-state index contributed by atoms with van der Waals surface area (Å²) in [5, 5.41) is 13.0. The maximum atomic E-state index is 13.0. The molecule has 33 heavy (non-hydrogen) atoms. The maximum Gasteiger partial charge on any atom is 0.204 e. The average Bonchev–Trinajstić information content (AvgIpc) is 2.79. The van der Waals surface area contributed by atoms with Crippen molar-refractivity contribution in [3.8, 4) is 12.3 Å². The molecule has 7 heteroatoms. The van der Waals surface area contributed by atoms with E-state index in [0.717, 1.165) is 23.6 Å². The number of nitrogens with one attached hydrogen (secondary N) is 1. The molecule has 0 aliphatic heterocycles. The number of rotatable bonds is 11. The Balaban J connectivity index is 0. The van der Waals surface area contributed by atoms with Crippen LogP contribution in [0, 0.1) is 12.3 Å². The van der Waals surface area contributed by atoms with Gasteiger partial charge in [0.05, 0.1) is 18.0 Å². The minimum absolute atomic E-state index is 0.0833. The van der Waals surface area contributed by atoms with Crippen LogP contribution in [0.25, 0.3) is 0 Å². The Kier molecular flexibility index (Phi) is 19.5. The number of ether oxygens (including phenoxy) is 1. The number of benzene rings is 1. The van der Waals surface area contributed by atoms with Crippen LogP contribution >= 0.6 is 0 Å². The topological polar surface area (TPSA) is 84.6 Å². The number of aliphatic hydroxyl groups is 1. The van der Waals surface area contributed by atoms with Gasteiger partial charge in [0, 0.05) is 31.8 Å². The maximum absolute atomic E-state index is 13.0. The highest BCUT2D eigenvalue weighted by molar-refractivity contribution is 5.42. The number of hydrogen-bond acceptors (Lipinski definition) is 4. The number of nitrogens with two attached hydrogens (primary N) is 1. The highest BCUT2D eigenvalue weighted by Crippen LogP contribution is 2.12. The molecule has 1 amide bonds. The van der Waals surface area contributed by atoms with Gasteiger partial charge in [-0.15, -0.1) is 6.42 Å². The van der Waals surface area contributed by atoms with E-state index >= 15 is 0 Å². The molecule has 0 spiro atoms. The van der Waals surface area contributed by atoms with Gasteiger partial charge in [-0.1, -0.05) is 37.1 Å². The van der Waals surface area contributed by atoms with Crippen LogP contribution in [0.2, 0.25) is 0 Å². The first-order chi connectivity index (χ1) is 15.6. The summed E-state index contributed by atoms with van der Waals surface area (Å²) < 4.78 is 29.9. The average molecular weight is 465 g/mol. The molecule has 4 N–H and O–H groups in total. The quantitative estimate of drug-likeness (QED) is 0.251. The van der Waals surface area contributed by atoms with Crippen molar-refractivity contribution < 1.29 is 23.4 Å². The minimum Gasteiger partial charge on any atom is -0.392 e. The van der Waals surface area contributed by atoms with Crippen LogP contribution in [-0.4, -0.2) is 36.9 Å². The number of aliphatic hydroxyl groups excluding tert-OH is 1. The van der Waals surface area contributed by atoms with E-state index in [-0.39, 0.29) is 18.3 Å². The van der Waals surface area contributed by atoms with Crippen LogP contribution in [0.1, 0.15) is 51.2 Å². The lowest BCUT2D eigenvalue weighted by Gasteiger charge is -2.19. The van der Waals surface area contributed by atoms with Gasteiger partial charge in [-0.3, -0.25) is 4.79 Å². The monoisotopic (exact) mass is 464 g/mol. The third kappa shape index (κ3) is 19.6. The van der Waals surface area contributed by atoms with Gasteiger partial charge in [-0.2, -0.15) is 0 Å². The highest BCUT2D eigenvalue weighted by atomic mass is 19.1. The first kappa shape index (κ1) is 32.4. The zero-order chi connectivity index (χ0) is 25.7. The lowest BCUT2D eigenvalue weighted by atomic mass is 10.1. The molecule has 1 atom stereocenters. The number of allylic oxidation sites excluding steroid dienone is 4. The van der Waals surface area contributed by atoms with Crippen molar-refractivity contribution in [3.63, 3.8) is 0 Å².